The molecule has 19 heavy (non-hydrogen) atoms. The summed E-state index contributed by atoms with van der Waals surface area (Å²) >= 11 is 0. The number of methoxy groups -OCH3 is 1. The molecule has 0 radical (unpaired) electrons. The van der Waals surface area contributed by atoms with E-state index in [9.17, 15) is 13.2 Å². The number of nitrogens with zero attached hydrogens (tertiary/aromatic N) is 1. The van der Waals surface area contributed by atoms with Crippen molar-refractivity contribution < 1.29 is 17.9 Å². The monoisotopic (exact) mass is 282 g/mol. The molecule has 0 saturated heterocycles. The number of alkyl halides is 3. The number of hydrogen-bond donors (Lipinski definition) is 1. The Hall–Kier alpha value is -0.330. The summed E-state index contributed by atoms with van der Waals surface area (Å²) in [6.07, 6.45) is -2.51. The highest BCUT2D eigenvalue weighted by molar-refractivity contribution is 4.98. The first-order chi connectivity index (χ1) is 8.77. The fourth-order valence-corrected chi connectivity index (χ4v) is 3.09. The van der Waals surface area contributed by atoms with Crippen molar-refractivity contribution in [2.75, 3.05) is 27.3 Å². The summed E-state index contributed by atoms with van der Waals surface area (Å²) in [5.41, 5.74) is 5.27. The van der Waals surface area contributed by atoms with Crippen molar-refractivity contribution in [1.82, 2.24) is 4.90 Å². The minimum Gasteiger partial charge on any atom is -0.383 e. The van der Waals surface area contributed by atoms with Crippen LogP contribution in [-0.2, 0) is 4.74 Å². The van der Waals surface area contributed by atoms with Gasteiger partial charge in [-0.3, -0.25) is 4.90 Å². The van der Waals surface area contributed by atoms with Gasteiger partial charge in [-0.25, -0.2) is 0 Å². The number of nitrogens with two attached hydrogens (primary N) is 1. The van der Waals surface area contributed by atoms with Crippen LogP contribution in [0.1, 0.15) is 32.6 Å². The Balaban J connectivity index is 2.84. The molecule has 6 heteroatoms. The van der Waals surface area contributed by atoms with Gasteiger partial charge in [0.15, 0.2) is 0 Å². The van der Waals surface area contributed by atoms with Crippen LogP contribution in [0.15, 0.2) is 0 Å². The van der Waals surface area contributed by atoms with Gasteiger partial charge in [-0.15, -0.1) is 0 Å². The van der Waals surface area contributed by atoms with Gasteiger partial charge in [0, 0.05) is 25.2 Å². The molecular weight excluding hydrogens is 257 g/mol. The molecule has 3 unspecified atom stereocenters. The quantitative estimate of drug-likeness (QED) is 0.841. The van der Waals surface area contributed by atoms with Crippen molar-refractivity contribution in [3.8, 4) is 0 Å². The fourth-order valence-electron chi connectivity index (χ4n) is 3.09. The smallest absolute Gasteiger partial charge is 0.383 e. The predicted octanol–water partition coefficient (Wildman–Crippen LogP) is 2.40. The van der Waals surface area contributed by atoms with Crippen LogP contribution in [0.3, 0.4) is 0 Å². The molecule has 0 heterocycles. The predicted molar refractivity (Wildman–Crippen MR) is 68.9 cm³/mol. The van der Waals surface area contributed by atoms with E-state index in [0.29, 0.717) is 13.0 Å². The van der Waals surface area contributed by atoms with E-state index in [1.165, 1.54) is 0 Å². The maximum Gasteiger partial charge on any atom is 0.391 e. The van der Waals surface area contributed by atoms with Crippen LogP contribution < -0.4 is 5.73 Å². The zero-order valence-electron chi connectivity index (χ0n) is 12.0. The van der Waals surface area contributed by atoms with Crippen LogP contribution in [-0.4, -0.2) is 50.0 Å². The minimum atomic E-state index is -4.12. The number of halogens is 3. The fraction of sp³-hybridized carbons (Fsp3) is 1.00. The first-order valence-electron chi connectivity index (χ1n) is 6.75. The van der Waals surface area contributed by atoms with Gasteiger partial charge in [0.05, 0.1) is 12.5 Å². The van der Waals surface area contributed by atoms with E-state index in [-0.39, 0.29) is 25.4 Å². The van der Waals surface area contributed by atoms with Gasteiger partial charge in [-0.2, -0.15) is 13.2 Å². The molecule has 0 aliphatic heterocycles. The molecule has 114 valence electrons. The summed E-state index contributed by atoms with van der Waals surface area (Å²) in [6.45, 7) is 2.71. The van der Waals surface area contributed by atoms with Crippen molar-refractivity contribution >= 4 is 0 Å². The molecule has 0 aromatic carbocycles. The lowest BCUT2D eigenvalue weighted by Crippen LogP contribution is -2.59. The maximum absolute atomic E-state index is 12.9. The molecule has 0 aromatic rings. The Bertz CT molecular complexity index is 286. The van der Waals surface area contributed by atoms with E-state index >= 15 is 0 Å². The Labute approximate surface area is 113 Å². The third-order valence-corrected chi connectivity index (χ3v) is 4.48. The first kappa shape index (κ1) is 16.7. The number of rotatable bonds is 5. The maximum atomic E-state index is 12.9. The van der Waals surface area contributed by atoms with Crippen molar-refractivity contribution in [2.45, 2.75) is 50.4 Å². The highest BCUT2D eigenvalue weighted by atomic mass is 19.4. The van der Waals surface area contributed by atoms with E-state index in [1.54, 1.807) is 7.11 Å². The van der Waals surface area contributed by atoms with Crippen LogP contribution >= 0.6 is 0 Å². The van der Waals surface area contributed by atoms with Gasteiger partial charge >= 0.3 is 6.18 Å². The summed E-state index contributed by atoms with van der Waals surface area (Å²) in [5.74, 6) is -1.23. The van der Waals surface area contributed by atoms with Crippen molar-refractivity contribution in [2.24, 2.45) is 11.7 Å². The van der Waals surface area contributed by atoms with Gasteiger partial charge in [0.25, 0.3) is 0 Å². The van der Waals surface area contributed by atoms with Crippen LogP contribution in [0.25, 0.3) is 0 Å². The van der Waals surface area contributed by atoms with Gasteiger partial charge in [-0.05, 0) is 33.2 Å². The molecule has 3 atom stereocenters. The number of likely N-dealkylation sites (N-methyl/N-ethyl adjacent to an activating group) is 1. The second-order valence-electron chi connectivity index (χ2n) is 5.68. The third-order valence-electron chi connectivity index (χ3n) is 4.48. The van der Waals surface area contributed by atoms with Gasteiger partial charge < -0.3 is 10.5 Å². The first-order valence-corrected chi connectivity index (χ1v) is 6.75. The summed E-state index contributed by atoms with van der Waals surface area (Å²) in [6, 6.07) is 0.0560. The molecule has 3 nitrogen and oxygen atoms in total. The average Bonchev–Trinajstić information content (AvgIpc) is 2.37. The Morgan fingerprint density at radius 1 is 1.47 bits per heavy atom. The summed E-state index contributed by atoms with van der Waals surface area (Å²) in [4.78, 5) is 1.98. The van der Waals surface area contributed by atoms with Gasteiger partial charge in [0.2, 0.25) is 0 Å². The highest BCUT2D eigenvalue weighted by Crippen LogP contribution is 2.43. The summed E-state index contributed by atoms with van der Waals surface area (Å²) in [7, 11) is 3.45. The SMILES string of the molecule is COCC(C)N(C)C1(CN)CCCC(C(F)(F)F)C1. The van der Waals surface area contributed by atoms with Gasteiger partial charge in [0.1, 0.15) is 0 Å². The lowest BCUT2D eigenvalue weighted by atomic mass is 9.74. The van der Waals surface area contributed by atoms with E-state index in [1.807, 2.05) is 18.9 Å². The van der Waals surface area contributed by atoms with Crippen molar-refractivity contribution in [3.05, 3.63) is 0 Å². The number of hydrogen-bond acceptors (Lipinski definition) is 3. The van der Waals surface area contributed by atoms with Gasteiger partial charge in [-0.1, -0.05) is 6.42 Å². The lowest BCUT2D eigenvalue weighted by molar-refractivity contribution is -0.194. The number of ether oxygens (including phenoxy) is 1. The topological polar surface area (TPSA) is 38.5 Å². The second-order valence-corrected chi connectivity index (χ2v) is 5.68. The summed E-state index contributed by atoms with van der Waals surface area (Å²) < 4.78 is 43.9. The van der Waals surface area contributed by atoms with Crippen LogP contribution in [0, 0.1) is 5.92 Å². The largest absolute Gasteiger partial charge is 0.391 e. The van der Waals surface area contributed by atoms with Crippen molar-refractivity contribution in [1.29, 1.82) is 0 Å². The molecule has 0 bridgehead atoms. The van der Waals surface area contributed by atoms with Crippen LogP contribution in [0.5, 0.6) is 0 Å². The normalized spacial score (nSPS) is 30.6. The Kier molecular flexibility index (Phi) is 5.65. The molecule has 1 saturated carbocycles. The Morgan fingerprint density at radius 2 is 2.11 bits per heavy atom. The van der Waals surface area contributed by atoms with E-state index in [2.05, 4.69) is 0 Å². The molecule has 0 aromatic heterocycles. The molecule has 1 aliphatic rings. The molecule has 1 rings (SSSR count). The zero-order valence-corrected chi connectivity index (χ0v) is 12.0. The third kappa shape index (κ3) is 3.83. The van der Waals surface area contributed by atoms with Crippen molar-refractivity contribution in [3.63, 3.8) is 0 Å². The molecule has 0 spiro atoms. The highest BCUT2D eigenvalue weighted by Gasteiger charge is 2.49. The molecule has 2 N–H and O–H groups in total. The summed E-state index contributed by atoms with van der Waals surface area (Å²) in [5, 5.41) is 0. The molecular formula is C13H25F3N2O. The Morgan fingerprint density at radius 3 is 2.58 bits per heavy atom. The van der Waals surface area contributed by atoms with E-state index < -0.39 is 17.6 Å². The average molecular weight is 282 g/mol. The second kappa shape index (κ2) is 6.41. The standard InChI is InChI=1S/C13H25F3N2O/c1-10(8-19-3)18(2)12(9-17)6-4-5-11(7-12)13(14,15)16/h10-11H,4-9,17H2,1-3H3. The molecule has 1 aliphatic carbocycles. The minimum absolute atomic E-state index is 0.0560. The van der Waals surface area contributed by atoms with E-state index in [0.717, 1.165) is 6.42 Å². The van der Waals surface area contributed by atoms with Crippen LogP contribution in [0.4, 0.5) is 13.2 Å². The molecule has 1 fully saturated rings. The zero-order chi connectivity index (χ0) is 14.7. The lowest BCUT2D eigenvalue weighted by Gasteiger charge is -2.49. The molecule has 0 amide bonds. The van der Waals surface area contributed by atoms with E-state index in [4.69, 9.17) is 10.5 Å². The van der Waals surface area contributed by atoms with Crippen LogP contribution in [0.2, 0.25) is 0 Å².